The van der Waals surface area contributed by atoms with Gasteiger partial charge in [0, 0.05) is 87.3 Å². The van der Waals surface area contributed by atoms with Crippen molar-refractivity contribution >= 4 is 107 Å². The number of hydrogen-bond donors (Lipinski definition) is 1. The van der Waals surface area contributed by atoms with Crippen molar-refractivity contribution < 1.29 is 134 Å². The number of likely N-dealkylation sites (tertiary alicyclic amines) is 3. The van der Waals surface area contributed by atoms with Gasteiger partial charge < -0.3 is 98.9 Å². The van der Waals surface area contributed by atoms with Crippen LogP contribution in [0.2, 0.25) is 0 Å². The minimum atomic E-state index is -3.87. The summed E-state index contributed by atoms with van der Waals surface area (Å²) in [5.41, 5.74) is 4.52. The van der Waals surface area contributed by atoms with Gasteiger partial charge in [0.15, 0.2) is 0 Å². The molecule has 756 valence electrons. The van der Waals surface area contributed by atoms with E-state index in [0.29, 0.717) is 93.8 Å². The van der Waals surface area contributed by atoms with Crippen LogP contribution in [0.1, 0.15) is 277 Å². The van der Waals surface area contributed by atoms with Crippen molar-refractivity contribution in [1.82, 2.24) is 24.5 Å². The van der Waals surface area contributed by atoms with E-state index in [1.807, 2.05) is 170 Å². The van der Waals surface area contributed by atoms with Crippen LogP contribution >= 0.6 is 26.6 Å². The minimum Gasteiger partial charge on any atom is -0.467 e. The quantitative estimate of drug-likeness (QED) is 0.0347. The number of carbonyl (C=O) groups is 8. The number of aryl methyl sites for hydroxylation is 2. The van der Waals surface area contributed by atoms with E-state index in [9.17, 15) is 60.3 Å². The van der Waals surface area contributed by atoms with Gasteiger partial charge in [0.2, 0.25) is 17.3 Å². The predicted octanol–water partition coefficient (Wildman–Crippen LogP) is 20.7. The number of esters is 3. The number of carbonyl (C=O) groups excluding carboxylic acids is 8. The van der Waals surface area contributed by atoms with Crippen LogP contribution in [0.4, 0.5) is 24.0 Å². The molecular weight excluding hydrogens is 1900 g/mol. The smallest absolute Gasteiger partial charge is 0.467 e. The first-order chi connectivity index (χ1) is 63.7. The van der Waals surface area contributed by atoms with E-state index in [1.54, 1.807) is 79.5 Å². The molecule has 34 nitrogen and oxygen atoms in total. The normalized spacial score (nSPS) is 16.6. The van der Waals surface area contributed by atoms with Crippen molar-refractivity contribution in [1.29, 1.82) is 0 Å². The SMILES string of the molecule is CC(C)(C)OC(=O)N1CC=C(B2OC(C)(C)C(C)(C)O2)CC1.CC(C)(C)OC(=O)N1CCC(c2ccoc2CO)CC1.COC(=O)c1occc1Br.COC(=O)c1occc1C1=CCN(C(=O)OC(C)(C)C)CC1.COC(=O)c1occc1C1CCN(C(=O)OC(C)(C)C)CC1.Cc1ccc(S(=O)(=O)Cl)cc1.Cc1ccc(S(=O)(=O)OCc2occc2C2CCN(C(=O)OC(C)(C)C)CC2)cc1. The maximum atomic E-state index is 12.4. The third-order valence-corrected chi connectivity index (χ3v) is 25.4. The number of benzene rings is 2. The standard InChI is InChI=1S/C22H29NO6S.C16H28BNO4.C16H23NO5.C16H21NO5.C15H23NO4.C7H7ClO2S.C6H5BrO3/c1-16-5-7-18(8-6-16)30(25,26)28-15-20-19(11-14-27-20)17-9-12-23(13-10-17)21(24)29-22(2,3)4;1-14(2,3)20-13(19)18-10-8-12(9-11-18)17-21-15(4,5)16(6,7)22-17;2*1-16(2,3)22-15(19)17-8-5-11(6-9-17)12-7-10-21-13(12)14(18)20-4;1-15(2,3)20-14(18)16-7-4-11(5-8-16)12-6-9-19-13(12)10-17;1-6-2-4-7(5-3-6)11(8,9)10;1-9-6(8)5-4(7)2-3-10-5/h5-8,11,14,17H,9-10,12-13,15H2,1-4H3;8H,9-11H2,1-7H3;7,10-11H,5-6,8-9H2,1-4H3;5,7,10H,6,8-9H2,1-4H3;6,9,11,17H,4-5,7-8,10H2,1-3H3;2-5H,1H3;2-3H,1H3. The lowest BCUT2D eigenvalue weighted by Gasteiger charge is -2.33. The van der Waals surface area contributed by atoms with E-state index >= 15 is 0 Å². The Balaban J connectivity index is 0.000000222. The zero-order valence-corrected chi connectivity index (χ0v) is 87.2. The molecule has 5 aromatic heterocycles. The first kappa shape index (κ1) is 114. The number of rotatable bonds is 14. The van der Waals surface area contributed by atoms with E-state index in [0.717, 1.165) is 89.4 Å². The second-order valence-corrected chi connectivity index (χ2v) is 44.2. The second kappa shape index (κ2) is 49.5. The summed E-state index contributed by atoms with van der Waals surface area (Å²) in [7, 11) is 1.30. The van der Waals surface area contributed by atoms with Gasteiger partial charge in [-0.1, -0.05) is 47.5 Å². The van der Waals surface area contributed by atoms with Crippen molar-refractivity contribution in [2.24, 2.45) is 0 Å². The lowest BCUT2D eigenvalue weighted by molar-refractivity contribution is 0.00578. The van der Waals surface area contributed by atoms with Gasteiger partial charge in [-0.05, 0) is 307 Å². The Kier molecular flexibility index (Phi) is 41.0. The number of methoxy groups -OCH3 is 3. The Morgan fingerprint density at radius 3 is 1.14 bits per heavy atom. The molecule has 5 amide bonds. The second-order valence-electron chi connectivity index (χ2n) is 39.2. The molecule has 4 saturated heterocycles. The molecule has 6 aliphatic heterocycles. The number of amides is 5. The molecule has 0 radical (unpaired) electrons. The lowest BCUT2D eigenvalue weighted by Crippen LogP contribution is -2.41. The molecule has 13 rings (SSSR count). The monoisotopic (exact) mass is 2040 g/mol. The molecule has 0 spiro atoms. The van der Waals surface area contributed by atoms with Crippen LogP contribution in [-0.4, -0.2) is 228 Å². The molecule has 6 aliphatic rings. The Hall–Kier alpha value is -10.3. The molecule has 11 heterocycles. The van der Waals surface area contributed by atoms with Gasteiger partial charge in [0.1, 0.15) is 52.7 Å². The van der Waals surface area contributed by atoms with Gasteiger partial charge >= 0.3 is 55.5 Å². The van der Waals surface area contributed by atoms with Crippen LogP contribution in [0.5, 0.6) is 0 Å². The summed E-state index contributed by atoms with van der Waals surface area (Å²) in [6, 6.07) is 21.8. The molecule has 2 aromatic carbocycles. The highest BCUT2D eigenvalue weighted by atomic mass is 79.9. The number of ether oxygens (including phenoxy) is 8. The first-order valence-corrected chi connectivity index (χ1v) is 49.7. The molecule has 0 atom stereocenters. The first-order valence-electron chi connectivity index (χ1n) is 45.2. The highest BCUT2D eigenvalue weighted by Crippen LogP contribution is 2.41. The van der Waals surface area contributed by atoms with E-state index in [1.165, 1.54) is 64.4 Å². The summed E-state index contributed by atoms with van der Waals surface area (Å²) in [5, 5.41) is 9.23. The number of hydrogen-bond acceptors (Lipinski definition) is 29. The summed E-state index contributed by atoms with van der Waals surface area (Å²) >= 11 is 3.11. The average Bonchev–Trinajstić information content (AvgIpc) is 1.62. The maximum absolute atomic E-state index is 12.4. The van der Waals surface area contributed by atoms with Crippen LogP contribution in [0.3, 0.4) is 0 Å². The van der Waals surface area contributed by atoms with E-state index in [2.05, 4.69) is 20.7 Å². The molecule has 1 N–H and O–H groups in total. The van der Waals surface area contributed by atoms with Gasteiger partial charge in [0.25, 0.3) is 19.2 Å². The van der Waals surface area contributed by atoms with Crippen molar-refractivity contribution in [3.63, 3.8) is 0 Å². The van der Waals surface area contributed by atoms with Crippen LogP contribution < -0.4 is 0 Å². The van der Waals surface area contributed by atoms with Crippen molar-refractivity contribution in [3.05, 3.63) is 194 Å². The molecule has 0 aliphatic carbocycles. The zero-order valence-electron chi connectivity index (χ0n) is 83.2. The van der Waals surface area contributed by atoms with Crippen LogP contribution in [0.25, 0.3) is 5.57 Å². The summed E-state index contributed by atoms with van der Waals surface area (Å²) in [5.74, 6) is 1.05. The number of aliphatic hydroxyl groups excluding tert-OH is 1. The zero-order chi connectivity index (χ0) is 102. The fourth-order valence-corrected chi connectivity index (χ4v) is 16.4. The summed E-state index contributed by atoms with van der Waals surface area (Å²) in [6.07, 6.45) is 16.2. The summed E-state index contributed by atoms with van der Waals surface area (Å²) in [4.78, 5) is 103. The number of nitrogens with zero attached hydrogens (tertiary/aromatic N) is 5. The molecule has 137 heavy (non-hydrogen) atoms. The molecule has 4 fully saturated rings. The molecule has 39 heteroatoms. The van der Waals surface area contributed by atoms with Crippen LogP contribution in [-0.2, 0) is 83.8 Å². The minimum absolute atomic E-state index is 0.0748. The number of aliphatic hydroxyl groups is 1. The Labute approximate surface area is 818 Å². The van der Waals surface area contributed by atoms with Crippen molar-refractivity contribution in [2.45, 2.75) is 277 Å². The molecule has 0 unspecified atom stereocenters. The van der Waals surface area contributed by atoms with Gasteiger partial charge in [-0.3, -0.25) is 4.18 Å². The van der Waals surface area contributed by atoms with E-state index in [4.69, 9.17) is 79.4 Å². The van der Waals surface area contributed by atoms with E-state index < -0.39 is 65.1 Å². The average molecular weight is 2040 g/mol. The predicted molar refractivity (Wildman–Crippen MR) is 515 cm³/mol. The fraction of sp³-hybridized carbons (Fsp3) is 0.551. The van der Waals surface area contributed by atoms with Gasteiger partial charge in [-0.2, -0.15) is 8.42 Å². The maximum Gasteiger partial charge on any atom is 0.490 e. The third kappa shape index (κ3) is 35.8. The lowest BCUT2D eigenvalue weighted by atomic mass is 9.75. The summed E-state index contributed by atoms with van der Waals surface area (Å²) in [6.45, 7) is 45.4. The van der Waals surface area contributed by atoms with Gasteiger partial charge in [-0.25, -0.2) is 46.8 Å². The molecule has 0 bridgehead atoms. The van der Waals surface area contributed by atoms with Gasteiger partial charge in [-0.15, -0.1) is 0 Å². The molecule has 7 aromatic rings. The Morgan fingerprint density at radius 1 is 0.431 bits per heavy atom. The Morgan fingerprint density at radius 2 is 0.766 bits per heavy atom. The van der Waals surface area contributed by atoms with Crippen LogP contribution in [0, 0.1) is 13.8 Å². The Bertz CT molecular complexity index is 5420. The summed E-state index contributed by atoms with van der Waals surface area (Å²) < 4.78 is 131. The largest absolute Gasteiger partial charge is 0.490 e. The number of halogens is 2. The van der Waals surface area contributed by atoms with E-state index in [-0.39, 0.29) is 101 Å². The van der Waals surface area contributed by atoms with Crippen molar-refractivity contribution in [2.75, 3.05) is 86.8 Å². The number of piperidine rings is 3. The third-order valence-electron chi connectivity index (χ3n) is 22.2. The highest BCUT2D eigenvalue weighted by Gasteiger charge is 2.53. The topological polar surface area (TPSA) is 408 Å². The highest BCUT2D eigenvalue weighted by molar-refractivity contribution is 9.10. The van der Waals surface area contributed by atoms with Crippen LogP contribution in [0.15, 0.2) is 164 Å². The molecule has 0 saturated carbocycles. The van der Waals surface area contributed by atoms with Crippen molar-refractivity contribution in [3.8, 4) is 0 Å². The fourth-order valence-electron chi connectivity index (χ4n) is 14.4. The number of furan rings is 5. The molecular formula is C98H136BBrClN5O29S2. The van der Waals surface area contributed by atoms with Gasteiger partial charge in [0.05, 0.1) is 78.1 Å².